The van der Waals surface area contributed by atoms with Crippen LogP contribution in [0.5, 0.6) is 0 Å². The van der Waals surface area contributed by atoms with Gasteiger partial charge in [-0.25, -0.2) is 0 Å². The fraction of sp³-hybridized carbons (Fsp3) is 0.643. The Kier molecular flexibility index (Phi) is 3.36. The van der Waals surface area contributed by atoms with Gasteiger partial charge in [0, 0.05) is 12.5 Å². The number of nitrogens with zero attached hydrogens (tertiary/aromatic N) is 1. The fourth-order valence-corrected chi connectivity index (χ4v) is 4.30. The number of hydrogen-bond donors (Lipinski definition) is 1. The molecule has 19 heavy (non-hydrogen) atoms. The highest BCUT2D eigenvalue weighted by molar-refractivity contribution is 7.12. The average Bonchev–Trinajstić information content (AvgIpc) is 2.81. The van der Waals surface area contributed by atoms with E-state index in [-0.39, 0.29) is 11.8 Å². The highest BCUT2D eigenvalue weighted by atomic mass is 35.5. The molecule has 1 amide bonds. The second kappa shape index (κ2) is 4.76. The van der Waals surface area contributed by atoms with Crippen molar-refractivity contribution < 1.29 is 9.90 Å². The maximum absolute atomic E-state index is 12.4. The molecule has 1 N–H and O–H groups in total. The van der Waals surface area contributed by atoms with Crippen LogP contribution in [0, 0.1) is 11.8 Å². The Morgan fingerprint density at radius 2 is 2.32 bits per heavy atom. The zero-order chi connectivity index (χ0) is 13.6. The highest BCUT2D eigenvalue weighted by Crippen LogP contribution is 2.44. The molecule has 0 aromatic carbocycles. The SMILES string of the molecule is C[C@@H]1CN(C(=O)c2sccc2Cl)C[C@@]1(O)C1CCC1. The van der Waals surface area contributed by atoms with Gasteiger partial charge in [-0.3, -0.25) is 4.79 Å². The lowest BCUT2D eigenvalue weighted by molar-refractivity contribution is -0.0660. The van der Waals surface area contributed by atoms with Crippen molar-refractivity contribution in [2.24, 2.45) is 11.8 Å². The minimum Gasteiger partial charge on any atom is -0.387 e. The predicted octanol–water partition coefficient (Wildman–Crippen LogP) is 3.02. The van der Waals surface area contributed by atoms with E-state index in [0.29, 0.717) is 28.9 Å². The van der Waals surface area contributed by atoms with Crippen molar-refractivity contribution in [3.63, 3.8) is 0 Å². The molecule has 2 heterocycles. The van der Waals surface area contributed by atoms with Crippen LogP contribution in [0.4, 0.5) is 0 Å². The summed E-state index contributed by atoms with van der Waals surface area (Å²) in [6.45, 7) is 3.12. The molecule has 3 nitrogen and oxygen atoms in total. The topological polar surface area (TPSA) is 40.5 Å². The normalized spacial score (nSPS) is 31.5. The Labute approximate surface area is 122 Å². The molecule has 0 spiro atoms. The van der Waals surface area contributed by atoms with E-state index in [1.807, 2.05) is 12.3 Å². The summed E-state index contributed by atoms with van der Waals surface area (Å²) in [6.07, 6.45) is 3.37. The van der Waals surface area contributed by atoms with Gasteiger partial charge in [-0.2, -0.15) is 0 Å². The smallest absolute Gasteiger partial charge is 0.265 e. The van der Waals surface area contributed by atoms with Gasteiger partial charge in [0.2, 0.25) is 0 Å². The number of likely N-dealkylation sites (tertiary alicyclic amines) is 1. The lowest BCUT2D eigenvalue weighted by Crippen LogP contribution is -2.48. The summed E-state index contributed by atoms with van der Waals surface area (Å²) in [5.41, 5.74) is -0.697. The van der Waals surface area contributed by atoms with Crippen molar-refractivity contribution in [2.75, 3.05) is 13.1 Å². The Bertz CT molecular complexity index is 499. The summed E-state index contributed by atoms with van der Waals surface area (Å²) in [5, 5.41) is 13.2. The molecule has 3 rings (SSSR count). The summed E-state index contributed by atoms with van der Waals surface area (Å²) in [5.74, 6) is 0.460. The van der Waals surface area contributed by atoms with E-state index in [9.17, 15) is 9.90 Å². The van der Waals surface area contributed by atoms with E-state index in [2.05, 4.69) is 0 Å². The van der Waals surface area contributed by atoms with Gasteiger partial charge < -0.3 is 10.0 Å². The van der Waals surface area contributed by atoms with Crippen LogP contribution in [0.25, 0.3) is 0 Å². The Hall–Kier alpha value is -0.580. The Morgan fingerprint density at radius 1 is 1.58 bits per heavy atom. The van der Waals surface area contributed by atoms with Crippen molar-refractivity contribution in [2.45, 2.75) is 31.8 Å². The van der Waals surface area contributed by atoms with Gasteiger partial charge in [0.1, 0.15) is 4.88 Å². The zero-order valence-corrected chi connectivity index (χ0v) is 12.5. The minimum absolute atomic E-state index is 0.0397. The van der Waals surface area contributed by atoms with Crippen LogP contribution in [0.3, 0.4) is 0 Å². The van der Waals surface area contributed by atoms with Gasteiger partial charge in [-0.15, -0.1) is 11.3 Å². The van der Waals surface area contributed by atoms with E-state index < -0.39 is 5.60 Å². The largest absolute Gasteiger partial charge is 0.387 e. The third kappa shape index (κ3) is 2.10. The van der Waals surface area contributed by atoms with E-state index >= 15 is 0 Å². The number of rotatable bonds is 2. The summed E-state index contributed by atoms with van der Waals surface area (Å²) >= 11 is 7.39. The summed E-state index contributed by atoms with van der Waals surface area (Å²) in [7, 11) is 0. The molecule has 1 saturated heterocycles. The first-order valence-electron chi connectivity index (χ1n) is 6.77. The van der Waals surface area contributed by atoms with Crippen LogP contribution in [-0.4, -0.2) is 34.6 Å². The lowest BCUT2D eigenvalue weighted by Gasteiger charge is -2.41. The molecule has 0 unspecified atom stereocenters. The molecule has 2 atom stereocenters. The summed E-state index contributed by atoms with van der Waals surface area (Å²) in [4.78, 5) is 14.8. The molecule has 5 heteroatoms. The van der Waals surface area contributed by atoms with E-state index in [4.69, 9.17) is 11.6 Å². The number of halogens is 1. The number of aliphatic hydroxyl groups is 1. The van der Waals surface area contributed by atoms with Gasteiger partial charge in [0.25, 0.3) is 5.91 Å². The molecule has 1 aliphatic heterocycles. The maximum Gasteiger partial charge on any atom is 0.265 e. The van der Waals surface area contributed by atoms with Crippen LogP contribution in [0.1, 0.15) is 35.9 Å². The summed E-state index contributed by atoms with van der Waals surface area (Å²) in [6, 6.07) is 1.75. The molecule has 1 aliphatic carbocycles. The number of thiophene rings is 1. The van der Waals surface area contributed by atoms with Crippen LogP contribution in [0.2, 0.25) is 5.02 Å². The van der Waals surface area contributed by atoms with Crippen molar-refractivity contribution in [1.82, 2.24) is 4.90 Å². The first-order valence-corrected chi connectivity index (χ1v) is 8.03. The number of hydrogen-bond acceptors (Lipinski definition) is 3. The molecule has 0 bridgehead atoms. The quantitative estimate of drug-likeness (QED) is 0.912. The van der Waals surface area contributed by atoms with Crippen molar-refractivity contribution >= 4 is 28.8 Å². The molecule has 1 aromatic heterocycles. The van der Waals surface area contributed by atoms with Gasteiger partial charge >= 0.3 is 0 Å². The lowest BCUT2D eigenvalue weighted by atomic mass is 9.69. The van der Waals surface area contributed by atoms with Gasteiger partial charge in [-0.05, 0) is 30.2 Å². The molecule has 0 radical (unpaired) electrons. The van der Waals surface area contributed by atoms with Crippen molar-refractivity contribution in [3.05, 3.63) is 21.3 Å². The molecule has 2 aliphatic rings. The molecular weight excluding hydrogens is 282 g/mol. The zero-order valence-electron chi connectivity index (χ0n) is 10.9. The van der Waals surface area contributed by atoms with Crippen LogP contribution < -0.4 is 0 Å². The van der Waals surface area contributed by atoms with Gasteiger partial charge in [-0.1, -0.05) is 24.9 Å². The number of β-amino-alcohol motifs (C(OH)–C–C–N with tert-alkyl or cyclic N) is 1. The number of carbonyl (C=O) groups is 1. The van der Waals surface area contributed by atoms with Crippen LogP contribution in [-0.2, 0) is 0 Å². The molecule has 1 aromatic rings. The highest BCUT2D eigenvalue weighted by Gasteiger charge is 2.51. The molecule has 2 fully saturated rings. The fourth-order valence-electron chi connectivity index (χ4n) is 3.20. The van der Waals surface area contributed by atoms with Crippen molar-refractivity contribution in [1.29, 1.82) is 0 Å². The second-order valence-electron chi connectivity index (χ2n) is 5.80. The molecule has 1 saturated carbocycles. The van der Waals surface area contributed by atoms with Gasteiger partial charge in [0.05, 0.1) is 17.2 Å². The van der Waals surface area contributed by atoms with Crippen LogP contribution >= 0.6 is 22.9 Å². The first kappa shape index (κ1) is 13.4. The monoisotopic (exact) mass is 299 g/mol. The number of amides is 1. The Morgan fingerprint density at radius 3 is 2.84 bits per heavy atom. The first-order chi connectivity index (χ1) is 9.02. The average molecular weight is 300 g/mol. The predicted molar refractivity (Wildman–Crippen MR) is 76.7 cm³/mol. The maximum atomic E-state index is 12.4. The molecular formula is C14H18ClNO2S. The van der Waals surface area contributed by atoms with Crippen molar-refractivity contribution in [3.8, 4) is 0 Å². The van der Waals surface area contributed by atoms with E-state index in [1.165, 1.54) is 17.8 Å². The van der Waals surface area contributed by atoms with Crippen LogP contribution in [0.15, 0.2) is 11.4 Å². The standard InChI is InChI=1S/C14H18ClNO2S/c1-9-7-16(8-14(9,18)10-3-2-4-10)13(17)12-11(15)5-6-19-12/h5-6,9-10,18H,2-4,7-8H2,1H3/t9-,14+/m1/s1. The van der Waals surface area contributed by atoms with E-state index in [0.717, 1.165) is 12.8 Å². The third-order valence-electron chi connectivity index (χ3n) is 4.70. The Balaban J connectivity index is 1.78. The third-order valence-corrected chi connectivity index (χ3v) is 6.03. The second-order valence-corrected chi connectivity index (χ2v) is 7.13. The number of carbonyl (C=O) groups excluding carboxylic acids is 1. The molecule has 104 valence electrons. The summed E-state index contributed by atoms with van der Waals surface area (Å²) < 4.78 is 0. The minimum atomic E-state index is -0.697. The van der Waals surface area contributed by atoms with E-state index in [1.54, 1.807) is 11.0 Å². The van der Waals surface area contributed by atoms with Gasteiger partial charge in [0.15, 0.2) is 0 Å².